The van der Waals surface area contributed by atoms with Gasteiger partial charge >= 0.3 is 5.97 Å². The van der Waals surface area contributed by atoms with E-state index in [9.17, 15) is 4.79 Å². The van der Waals surface area contributed by atoms with Crippen LogP contribution in [0.25, 0.3) is 0 Å². The number of hydrogen-bond acceptors (Lipinski definition) is 3. The summed E-state index contributed by atoms with van der Waals surface area (Å²) in [6.07, 6.45) is -1.07. The molecule has 0 amide bonds. The molecule has 0 bridgehead atoms. The van der Waals surface area contributed by atoms with E-state index in [2.05, 4.69) is 0 Å². The molecule has 2 atom stereocenters. The SMILES string of the molecule is O=C1CC2(F)c3ccccc3N(Cc3ccccc3)C2O1. The average Bonchev–Trinajstić information content (AvgIpc) is 2.91. The molecule has 0 saturated carbocycles. The molecule has 2 aromatic rings. The molecule has 2 aliphatic rings. The van der Waals surface area contributed by atoms with Crippen molar-refractivity contribution in [1.29, 1.82) is 0 Å². The average molecular weight is 283 g/mol. The summed E-state index contributed by atoms with van der Waals surface area (Å²) in [6.45, 7) is 0.515. The zero-order valence-electron chi connectivity index (χ0n) is 11.3. The van der Waals surface area contributed by atoms with Crippen LogP contribution >= 0.6 is 0 Å². The number of hydrogen-bond donors (Lipinski definition) is 0. The smallest absolute Gasteiger partial charge is 0.311 e. The van der Waals surface area contributed by atoms with Gasteiger partial charge in [0.05, 0.1) is 6.42 Å². The van der Waals surface area contributed by atoms with Crippen LogP contribution in [0.5, 0.6) is 0 Å². The summed E-state index contributed by atoms with van der Waals surface area (Å²) < 4.78 is 20.6. The molecule has 106 valence electrons. The number of fused-ring (bicyclic) bond motifs is 3. The van der Waals surface area contributed by atoms with Crippen molar-refractivity contribution in [2.45, 2.75) is 24.9 Å². The van der Waals surface area contributed by atoms with Crippen LogP contribution in [-0.4, -0.2) is 12.2 Å². The summed E-state index contributed by atoms with van der Waals surface area (Å²) in [5.74, 6) is -0.477. The number of rotatable bonds is 2. The van der Waals surface area contributed by atoms with Gasteiger partial charge in [0.25, 0.3) is 0 Å². The van der Waals surface area contributed by atoms with E-state index < -0.39 is 17.9 Å². The molecule has 2 aromatic carbocycles. The molecule has 2 aliphatic heterocycles. The maximum Gasteiger partial charge on any atom is 0.311 e. The topological polar surface area (TPSA) is 29.5 Å². The lowest BCUT2D eigenvalue weighted by Gasteiger charge is -2.26. The first-order valence-electron chi connectivity index (χ1n) is 6.97. The van der Waals surface area contributed by atoms with E-state index in [0.717, 1.165) is 11.3 Å². The predicted molar refractivity (Wildman–Crippen MR) is 76.4 cm³/mol. The molecule has 4 rings (SSSR count). The maximum atomic E-state index is 15.3. The minimum Gasteiger partial charge on any atom is -0.437 e. The lowest BCUT2D eigenvalue weighted by molar-refractivity contribution is -0.141. The molecule has 0 spiro atoms. The fraction of sp³-hybridized carbons (Fsp3) is 0.235. The number of nitrogens with zero attached hydrogens (tertiary/aromatic N) is 1. The van der Waals surface area contributed by atoms with Crippen molar-refractivity contribution in [2.24, 2.45) is 0 Å². The van der Waals surface area contributed by atoms with Gasteiger partial charge in [-0.05, 0) is 11.6 Å². The third-order valence-corrected chi connectivity index (χ3v) is 4.18. The highest BCUT2D eigenvalue weighted by atomic mass is 19.1. The quantitative estimate of drug-likeness (QED) is 0.793. The Labute approximate surface area is 122 Å². The first-order valence-corrected chi connectivity index (χ1v) is 6.97. The molecule has 1 fully saturated rings. The van der Waals surface area contributed by atoms with Gasteiger partial charge in [0, 0.05) is 17.8 Å². The van der Waals surface area contributed by atoms with Gasteiger partial charge in [-0.15, -0.1) is 0 Å². The first-order chi connectivity index (χ1) is 10.2. The number of halogens is 1. The van der Waals surface area contributed by atoms with Gasteiger partial charge in [-0.2, -0.15) is 0 Å². The van der Waals surface area contributed by atoms with Crippen molar-refractivity contribution >= 4 is 11.7 Å². The highest BCUT2D eigenvalue weighted by Gasteiger charge is 2.59. The van der Waals surface area contributed by atoms with E-state index in [1.807, 2.05) is 47.4 Å². The molecule has 0 radical (unpaired) electrons. The Morgan fingerprint density at radius 2 is 1.86 bits per heavy atom. The van der Waals surface area contributed by atoms with Crippen molar-refractivity contribution in [2.75, 3.05) is 4.90 Å². The minimum atomic E-state index is -1.73. The largest absolute Gasteiger partial charge is 0.437 e. The van der Waals surface area contributed by atoms with E-state index in [1.54, 1.807) is 12.1 Å². The number of carbonyl (C=O) groups excluding carboxylic acids is 1. The van der Waals surface area contributed by atoms with Crippen LogP contribution < -0.4 is 4.90 Å². The summed E-state index contributed by atoms with van der Waals surface area (Å²) >= 11 is 0. The number of esters is 1. The van der Waals surface area contributed by atoms with E-state index in [4.69, 9.17) is 4.74 Å². The third kappa shape index (κ3) is 1.75. The lowest BCUT2D eigenvalue weighted by atomic mass is 9.95. The van der Waals surface area contributed by atoms with Crippen LogP contribution in [0.2, 0.25) is 0 Å². The van der Waals surface area contributed by atoms with Crippen molar-refractivity contribution in [3.05, 3.63) is 65.7 Å². The summed E-state index contributed by atoms with van der Waals surface area (Å²) in [6, 6.07) is 17.1. The van der Waals surface area contributed by atoms with E-state index >= 15 is 4.39 Å². The third-order valence-electron chi connectivity index (χ3n) is 4.18. The Hall–Kier alpha value is -2.36. The molecular formula is C17H14FNO2. The Bertz CT molecular complexity index is 703. The van der Waals surface area contributed by atoms with Crippen LogP contribution in [-0.2, 0) is 21.7 Å². The predicted octanol–water partition coefficient (Wildman–Crippen LogP) is 3.14. The van der Waals surface area contributed by atoms with Gasteiger partial charge < -0.3 is 9.64 Å². The number of carbonyl (C=O) groups is 1. The van der Waals surface area contributed by atoms with Gasteiger partial charge in [-0.3, -0.25) is 4.79 Å². The van der Waals surface area contributed by atoms with Crippen molar-refractivity contribution in [3.8, 4) is 0 Å². The van der Waals surface area contributed by atoms with Crippen molar-refractivity contribution < 1.29 is 13.9 Å². The second-order valence-corrected chi connectivity index (χ2v) is 5.51. The normalized spacial score (nSPS) is 26.4. The number of anilines is 1. The van der Waals surface area contributed by atoms with Crippen molar-refractivity contribution in [3.63, 3.8) is 0 Å². The van der Waals surface area contributed by atoms with Crippen LogP contribution in [0.1, 0.15) is 17.5 Å². The summed E-state index contributed by atoms with van der Waals surface area (Å²) in [7, 11) is 0. The summed E-state index contributed by atoms with van der Waals surface area (Å²) in [5, 5.41) is 0. The Kier molecular flexibility index (Phi) is 2.55. The maximum absolute atomic E-state index is 15.3. The Morgan fingerprint density at radius 1 is 1.14 bits per heavy atom. The molecular weight excluding hydrogens is 269 g/mol. The fourth-order valence-electron chi connectivity index (χ4n) is 3.25. The molecule has 0 aromatic heterocycles. The van der Waals surface area contributed by atoms with Crippen molar-refractivity contribution in [1.82, 2.24) is 0 Å². The van der Waals surface area contributed by atoms with Gasteiger partial charge in [0.15, 0.2) is 0 Å². The number of benzene rings is 2. The molecule has 2 heterocycles. The monoisotopic (exact) mass is 283 g/mol. The molecule has 2 unspecified atom stereocenters. The molecule has 0 aliphatic carbocycles. The highest BCUT2D eigenvalue weighted by Crippen LogP contribution is 2.52. The van der Waals surface area contributed by atoms with Gasteiger partial charge in [-0.25, -0.2) is 4.39 Å². The number of ether oxygens (including phenoxy) is 1. The highest BCUT2D eigenvalue weighted by molar-refractivity contribution is 5.79. The lowest BCUT2D eigenvalue weighted by Crippen LogP contribution is -2.39. The standard InChI is InChI=1S/C17H14FNO2/c18-17-10-15(20)21-16(17)19(11-12-6-2-1-3-7-12)14-9-5-4-8-13(14)17/h1-9,16H,10-11H2. The summed E-state index contributed by atoms with van der Waals surface area (Å²) in [4.78, 5) is 13.4. The Balaban J connectivity index is 1.78. The van der Waals surface area contributed by atoms with Crippen LogP contribution in [0, 0.1) is 0 Å². The van der Waals surface area contributed by atoms with E-state index in [1.165, 1.54) is 0 Å². The molecule has 4 heteroatoms. The van der Waals surface area contributed by atoms with Gasteiger partial charge in [0.2, 0.25) is 11.9 Å². The van der Waals surface area contributed by atoms with Crippen LogP contribution in [0.4, 0.5) is 10.1 Å². The number of alkyl halides is 1. The molecule has 3 nitrogen and oxygen atoms in total. The second kappa shape index (κ2) is 4.32. The van der Waals surface area contributed by atoms with Gasteiger partial charge in [0.1, 0.15) is 0 Å². The summed E-state index contributed by atoms with van der Waals surface area (Å²) in [5.41, 5.74) is 0.681. The Morgan fingerprint density at radius 3 is 2.67 bits per heavy atom. The fourth-order valence-corrected chi connectivity index (χ4v) is 3.25. The molecule has 1 saturated heterocycles. The van der Waals surface area contributed by atoms with E-state index in [0.29, 0.717) is 12.1 Å². The number of para-hydroxylation sites is 1. The molecule has 0 N–H and O–H groups in total. The minimum absolute atomic E-state index is 0.208. The van der Waals surface area contributed by atoms with Crippen LogP contribution in [0.3, 0.4) is 0 Å². The second-order valence-electron chi connectivity index (χ2n) is 5.51. The van der Waals surface area contributed by atoms with E-state index in [-0.39, 0.29) is 6.42 Å². The van der Waals surface area contributed by atoms with Crippen LogP contribution in [0.15, 0.2) is 54.6 Å². The first kappa shape index (κ1) is 12.4. The zero-order chi connectivity index (χ0) is 14.4. The zero-order valence-corrected chi connectivity index (χ0v) is 11.3. The molecule has 21 heavy (non-hydrogen) atoms. The van der Waals surface area contributed by atoms with Gasteiger partial charge in [-0.1, -0.05) is 48.5 Å².